The highest BCUT2D eigenvalue weighted by molar-refractivity contribution is 6.70. The van der Waals surface area contributed by atoms with Crippen LogP contribution in [0.3, 0.4) is 0 Å². The summed E-state index contributed by atoms with van der Waals surface area (Å²) < 4.78 is 12.1. The van der Waals surface area contributed by atoms with Crippen LogP contribution in [0.2, 0.25) is 39.3 Å². The van der Waals surface area contributed by atoms with Crippen molar-refractivity contribution in [2.75, 3.05) is 0 Å². The van der Waals surface area contributed by atoms with Gasteiger partial charge in [-0.05, 0) is 52.1 Å². The molecule has 14 heavy (non-hydrogen) atoms. The van der Waals surface area contributed by atoms with Gasteiger partial charge in [0.05, 0.1) is 12.2 Å². The fourth-order valence-electron chi connectivity index (χ4n) is 1.62. The minimum Gasteiger partial charge on any atom is -0.412 e. The predicted octanol–water partition coefficient (Wildman–Crippen LogP) is 3.22. The maximum atomic E-state index is 6.07. The first-order valence-corrected chi connectivity index (χ1v) is 12.3. The molecule has 0 heterocycles. The van der Waals surface area contributed by atoms with Crippen molar-refractivity contribution in [1.29, 1.82) is 0 Å². The zero-order chi connectivity index (χ0) is 11.0. The average molecular weight is 232 g/mol. The first-order valence-electron chi connectivity index (χ1n) is 5.53. The number of hydrogen-bond acceptors (Lipinski definition) is 2. The third-order valence-electron chi connectivity index (χ3n) is 2.16. The smallest absolute Gasteiger partial charge is 0.184 e. The summed E-state index contributed by atoms with van der Waals surface area (Å²) in [5.41, 5.74) is 0. The van der Waals surface area contributed by atoms with Gasteiger partial charge in [-0.15, -0.1) is 0 Å². The van der Waals surface area contributed by atoms with Gasteiger partial charge in [-0.1, -0.05) is 0 Å². The van der Waals surface area contributed by atoms with Gasteiger partial charge in [-0.3, -0.25) is 0 Å². The summed E-state index contributed by atoms with van der Waals surface area (Å²) >= 11 is 0. The Kier molecular flexibility index (Phi) is 3.62. The van der Waals surface area contributed by atoms with Crippen molar-refractivity contribution in [2.45, 2.75) is 64.3 Å². The Balaban J connectivity index is 2.36. The maximum Gasteiger partial charge on any atom is 0.184 e. The molecule has 0 spiro atoms. The van der Waals surface area contributed by atoms with Crippen molar-refractivity contribution in [3.8, 4) is 0 Å². The highest BCUT2D eigenvalue weighted by Gasteiger charge is 2.38. The SMILES string of the molecule is C[Si](C)(C)OC1CCC1O[Si](C)(C)C. The van der Waals surface area contributed by atoms with E-state index in [0.717, 1.165) is 0 Å². The molecular weight excluding hydrogens is 208 g/mol. The van der Waals surface area contributed by atoms with E-state index in [-0.39, 0.29) is 0 Å². The van der Waals surface area contributed by atoms with E-state index in [2.05, 4.69) is 39.3 Å². The molecular formula is C10H24O2Si2. The molecule has 0 bridgehead atoms. The number of rotatable bonds is 4. The lowest BCUT2D eigenvalue weighted by Crippen LogP contribution is -2.50. The van der Waals surface area contributed by atoms with Crippen LogP contribution >= 0.6 is 0 Å². The Morgan fingerprint density at radius 2 is 1.00 bits per heavy atom. The van der Waals surface area contributed by atoms with Crippen molar-refractivity contribution in [3.63, 3.8) is 0 Å². The molecule has 0 aromatic carbocycles. The molecule has 1 rings (SSSR count). The van der Waals surface area contributed by atoms with E-state index in [1.165, 1.54) is 12.8 Å². The second-order valence-corrected chi connectivity index (χ2v) is 15.0. The van der Waals surface area contributed by atoms with Crippen molar-refractivity contribution < 1.29 is 8.85 Å². The topological polar surface area (TPSA) is 18.5 Å². The van der Waals surface area contributed by atoms with Gasteiger partial charge in [-0.25, -0.2) is 0 Å². The fourth-order valence-corrected chi connectivity index (χ4v) is 3.97. The molecule has 1 fully saturated rings. The molecule has 2 unspecified atom stereocenters. The minimum absolute atomic E-state index is 0.397. The van der Waals surface area contributed by atoms with Crippen LogP contribution in [0.1, 0.15) is 12.8 Å². The van der Waals surface area contributed by atoms with Crippen LogP contribution in [0.4, 0.5) is 0 Å². The molecule has 1 aliphatic carbocycles. The van der Waals surface area contributed by atoms with E-state index in [4.69, 9.17) is 8.85 Å². The van der Waals surface area contributed by atoms with E-state index in [1.54, 1.807) is 0 Å². The quantitative estimate of drug-likeness (QED) is 0.693. The molecule has 2 nitrogen and oxygen atoms in total. The summed E-state index contributed by atoms with van der Waals surface area (Å²) in [6, 6.07) is 0. The highest BCUT2D eigenvalue weighted by atomic mass is 28.4. The van der Waals surface area contributed by atoms with Crippen molar-refractivity contribution >= 4 is 16.6 Å². The summed E-state index contributed by atoms with van der Waals surface area (Å²) in [5, 5.41) is 0. The summed E-state index contributed by atoms with van der Waals surface area (Å²) in [4.78, 5) is 0. The molecule has 0 N–H and O–H groups in total. The van der Waals surface area contributed by atoms with Gasteiger partial charge >= 0.3 is 0 Å². The molecule has 0 saturated heterocycles. The van der Waals surface area contributed by atoms with Gasteiger partial charge in [0.1, 0.15) is 0 Å². The van der Waals surface area contributed by atoms with Gasteiger partial charge in [-0.2, -0.15) is 0 Å². The lowest BCUT2D eigenvalue weighted by molar-refractivity contribution is -0.0292. The molecule has 2 atom stereocenters. The van der Waals surface area contributed by atoms with Crippen molar-refractivity contribution in [3.05, 3.63) is 0 Å². The third-order valence-corrected chi connectivity index (χ3v) is 4.18. The van der Waals surface area contributed by atoms with Gasteiger partial charge in [0, 0.05) is 0 Å². The lowest BCUT2D eigenvalue weighted by atomic mass is 9.93. The third kappa shape index (κ3) is 4.25. The number of hydrogen-bond donors (Lipinski definition) is 0. The van der Waals surface area contributed by atoms with E-state index >= 15 is 0 Å². The van der Waals surface area contributed by atoms with Crippen LogP contribution in [0, 0.1) is 0 Å². The molecule has 0 aliphatic heterocycles. The summed E-state index contributed by atoms with van der Waals surface area (Å²) in [5.74, 6) is 0. The Morgan fingerprint density at radius 1 is 0.714 bits per heavy atom. The van der Waals surface area contributed by atoms with E-state index < -0.39 is 16.6 Å². The normalized spacial score (nSPS) is 28.7. The molecule has 84 valence electrons. The molecule has 0 aromatic heterocycles. The summed E-state index contributed by atoms with van der Waals surface area (Å²) in [7, 11) is -2.74. The van der Waals surface area contributed by atoms with E-state index in [0.29, 0.717) is 12.2 Å². The average Bonchev–Trinajstić information content (AvgIpc) is 1.91. The predicted molar refractivity (Wildman–Crippen MR) is 65.7 cm³/mol. The van der Waals surface area contributed by atoms with Crippen LogP contribution in [0.25, 0.3) is 0 Å². The van der Waals surface area contributed by atoms with Crippen molar-refractivity contribution in [1.82, 2.24) is 0 Å². The van der Waals surface area contributed by atoms with Crippen LogP contribution in [0.5, 0.6) is 0 Å². The Labute approximate surface area is 90.3 Å². The standard InChI is InChI=1S/C10H24O2Si2/c1-13(2,3)11-9-7-8-10(9)12-14(4,5)6/h9-10H,7-8H2,1-6H3. The Morgan fingerprint density at radius 3 is 1.14 bits per heavy atom. The maximum absolute atomic E-state index is 6.07. The second-order valence-electron chi connectivity index (χ2n) is 6.11. The fraction of sp³-hybridized carbons (Fsp3) is 1.00. The molecule has 0 aromatic rings. The van der Waals surface area contributed by atoms with E-state index in [9.17, 15) is 0 Å². The van der Waals surface area contributed by atoms with Gasteiger partial charge in [0.15, 0.2) is 16.6 Å². The molecule has 1 saturated carbocycles. The van der Waals surface area contributed by atoms with Crippen molar-refractivity contribution in [2.24, 2.45) is 0 Å². The van der Waals surface area contributed by atoms with Crippen LogP contribution in [-0.2, 0) is 8.85 Å². The Hall–Kier alpha value is 0.354. The molecule has 1 aliphatic rings. The van der Waals surface area contributed by atoms with Crippen LogP contribution < -0.4 is 0 Å². The second kappa shape index (κ2) is 4.08. The van der Waals surface area contributed by atoms with Crippen LogP contribution in [0.15, 0.2) is 0 Å². The molecule has 0 amide bonds. The minimum atomic E-state index is -1.37. The lowest BCUT2D eigenvalue weighted by Gasteiger charge is -2.43. The largest absolute Gasteiger partial charge is 0.412 e. The monoisotopic (exact) mass is 232 g/mol. The van der Waals surface area contributed by atoms with Gasteiger partial charge < -0.3 is 8.85 Å². The first kappa shape index (κ1) is 12.4. The molecule has 4 heteroatoms. The Bertz CT molecular complexity index is 171. The molecule has 0 radical (unpaired) electrons. The van der Waals surface area contributed by atoms with Crippen LogP contribution in [-0.4, -0.2) is 28.8 Å². The zero-order valence-electron chi connectivity index (χ0n) is 10.4. The first-order chi connectivity index (χ1) is 6.17. The van der Waals surface area contributed by atoms with Gasteiger partial charge in [0.2, 0.25) is 0 Å². The zero-order valence-corrected chi connectivity index (χ0v) is 12.4. The highest BCUT2D eigenvalue weighted by Crippen LogP contribution is 2.31. The van der Waals surface area contributed by atoms with E-state index in [1.807, 2.05) is 0 Å². The summed E-state index contributed by atoms with van der Waals surface area (Å²) in [6.07, 6.45) is 3.18. The summed E-state index contributed by atoms with van der Waals surface area (Å²) in [6.45, 7) is 13.5. The van der Waals surface area contributed by atoms with Gasteiger partial charge in [0.25, 0.3) is 0 Å².